The van der Waals surface area contributed by atoms with Crippen LogP contribution in [0.25, 0.3) is 0 Å². The third-order valence-electron chi connectivity index (χ3n) is 4.50. The van der Waals surface area contributed by atoms with Gasteiger partial charge in [0.2, 0.25) is 0 Å². The van der Waals surface area contributed by atoms with E-state index < -0.39 is 5.97 Å². The number of ether oxygens (including phenoxy) is 1. The highest BCUT2D eigenvalue weighted by Gasteiger charge is 2.22. The number of amides is 1. The molecule has 1 unspecified atom stereocenters. The monoisotopic (exact) mass is 375 g/mol. The molecule has 1 aromatic heterocycles. The van der Waals surface area contributed by atoms with Gasteiger partial charge in [0.25, 0.3) is 5.91 Å². The molecule has 7 heteroatoms. The topological polar surface area (TPSA) is 64.4 Å². The zero-order chi connectivity index (χ0) is 18.5. The van der Waals surface area contributed by atoms with E-state index in [0.717, 1.165) is 31.5 Å². The molecule has 0 aliphatic carbocycles. The van der Waals surface area contributed by atoms with Crippen LogP contribution in [0.3, 0.4) is 0 Å². The number of piperidine rings is 1. The maximum atomic E-state index is 12.2. The van der Waals surface area contributed by atoms with Crippen molar-refractivity contribution in [2.45, 2.75) is 26.3 Å². The average molecular weight is 376 g/mol. The van der Waals surface area contributed by atoms with Gasteiger partial charge in [-0.05, 0) is 30.4 Å². The second kappa shape index (κ2) is 8.36. The summed E-state index contributed by atoms with van der Waals surface area (Å²) in [5.74, 6) is -0.200. The first-order valence-electron chi connectivity index (χ1n) is 8.73. The zero-order valence-corrected chi connectivity index (χ0v) is 15.5. The van der Waals surface area contributed by atoms with E-state index in [-0.39, 0.29) is 12.5 Å². The van der Waals surface area contributed by atoms with Gasteiger partial charge in [0.15, 0.2) is 6.61 Å². The van der Waals surface area contributed by atoms with Crippen molar-refractivity contribution in [1.82, 2.24) is 14.7 Å². The van der Waals surface area contributed by atoms with Crippen molar-refractivity contribution in [3.63, 3.8) is 0 Å². The predicted octanol–water partition coefficient (Wildman–Crippen LogP) is 3.00. The molecule has 0 radical (unpaired) electrons. The second-order valence-electron chi connectivity index (χ2n) is 6.68. The fourth-order valence-electron chi connectivity index (χ4n) is 3.07. The lowest BCUT2D eigenvalue weighted by atomic mass is 10.0. The van der Waals surface area contributed by atoms with E-state index >= 15 is 0 Å². The Morgan fingerprint density at radius 1 is 1.35 bits per heavy atom. The number of aromatic nitrogens is 2. The molecule has 6 nitrogen and oxygen atoms in total. The summed E-state index contributed by atoms with van der Waals surface area (Å²) < 4.78 is 6.77. The van der Waals surface area contributed by atoms with E-state index in [1.165, 1.54) is 6.20 Å². The van der Waals surface area contributed by atoms with E-state index in [9.17, 15) is 9.59 Å². The molecule has 3 rings (SSSR count). The molecule has 1 aliphatic heterocycles. The van der Waals surface area contributed by atoms with Gasteiger partial charge in [-0.15, -0.1) is 0 Å². The minimum absolute atomic E-state index is 0.145. The summed E-state index contributed by atoms with van der Waals surface area (Å²) in [7, 11) is 0. The quantitative estimate of drug-likeness (QED) is 0.753. The van der Waals surface area contributed by atoms with Crippen molar-refractivity contribution < 1.29 is 14.3 Å². The van der Waals surface area contributed by atoms with Gasteiger partial charge in [0.1, 0.15) is 0 Å². The van der Waals surface area contributed by atoms with Crippen LogP contribution in [0.1, 0.15) is 35.7 Å². The number of carbonyl (C=O) groups excluding carboxylic acids is 2. The molecule has 1 aliphatic rings. The maximum Gasteiger partial charge on any atom is 0.341 e. The van der Waals surface area contributed by atoms with E-state index in [0.29, 0.717) is 23.0 Å². The number of carbonyl (C=O) groups is 2. The predicted molar refractivity (Wildman–Crippen MR) is 98.0 cm³/mol. The molecule has 1 atom stereocenters. The summed E-state index contributed by atoms with van der Waals surface area (Å²) in [6.45, 7) is 3.81. The normalized spacial score (nSPS) is 17.2. The summed E-state index contributed by atoms with van der Waals surface area (Å²) in [5.41, 5.74) is 1.23. The van der Waals surface area contributed by atoms with Crippen LogP contribution < -0.4 is 0 Å². The standard InChI is InChI=1S/C19H22ClN3O3/c1-14-5-4-8-22(10-14)18(24)13-26-19(25)16-9-21-23(12-16)11-15-6-2-3-7-17(15)20/h2-3,6-7,9,12,14H,4-5,8,10-11,13H2,1H3. The van der Waals surface area contributed by atoms with Gasteiger partial charge in [-0.25, -0.2) is 4.79 Å². The number of hydrogen-bond acceptors (Lipinski definition) is 4. The molecule has 1 saturated heterocycles. The van der Waals surface area contributed by atoms with Gasteiger partial charge in [-0.3, -0.25) is 9.48 Å². The first-order chi connectivity index (χ1) is 12.5. The number of likely N-dealkylation sites (tertiary alicyclic amines) is 1. The number of esters is 1. The summed E-state index contributed by atoms with van der Waals surface area (Å²) >= 11 is 6.14. The van der Waals surface area contributed by atoms with E-state index in [2.05, 4.69) is 12.0 Å². The van der Waals surface area contributed by atoms with Crippen molar-refractivity contribution in [3.05, 3.63) is 52.8 Å². The maximum absolute atomic E-state index is 12.2. The largest absolute Gasteiger partial charge is 0.452 e. The lowest BCUT2D eigenvalue weighted by molar-refractivity contribution is -0.136. The smallest absolute Gasteiger partial charge is 0.341 e. The minimum Gasteiger partial charge on any atom is -0.452 e. The molecule has 0 bridgehead atoms. The number of benzene rings is 1. The Morgan fingerprint density at radius 3 is 2.92 bits per heavy atom. The van der Waals surface area contributed by atoms with E-state index in [1.807, 2.05) is 24.3 Å². The Hall–Kier alpha value is -2.34. The third-order valence-corrected chi connectivity index (χ3v) is 4.86. The van der Waals surface area contributed by atoms with Crippen LogP contribution in [0.2, 0.25) is 5.02 Å². The summed E-state index contributed by atoms with van der Waals surface area (Å²) in [6, 6.07) is 7.47. The van der Waals surface area contributed by atoms with Crippen molar-refractivity contribution >= 4 is 23.5 Å². The molecule has 138 valence electrons. The summed E-state index contributed by atoms with van der Waals surface area (Å²) in [6.07, 6.45) is 5.16. The average Bonchev–Trinajstić information content (AvgIpc) is 3.10. The lowest BCUT2D eigenvalue weighted by Gasteiger charge is -2.30. The second-order valence-corrected chi connectivity index (χ2v) is 7.09. The van der Waals surface area contributed by atoms with Gasteiger partial charge in [-0.2, -0.15) is 5.10 Å². The van der Waals surface area contributed by atoms with Crippen LogP contribution in [-0.4, -0.2) is 46.3 Å². The first-order valence-corrected chi connectivity index (χ1v) is 9.11. The van der Waals surface area contributed by atoms with Gasteiger partial charge in [0.05, 0.1) is 18.3 Å². The Labute approximate surface area is 157 Å². The van der Waals surface area contributed by atoms with E-state index in [1.54, 1.807) is 15.8 Å². The van der Waals surface area contributed by atoms with Crippen LogP contribution in [0.15, 0.2) is 36.7 Å². The van der Waals surface area contributed by atoms with Crippen LogP contribution in [0, 0.1) is 5.92 Å². The molecule has 0 N–H and O–H groups in total. The Bertz CT molecular complexity index is 790. The molecule has 1 fully saturated rings. The summed E-state index contributed by atoms with van der Waals surface area (Å²) in [5, 5.41) is 4.81. The molecule has 0 spiro atoms. The van der Waals surface area contributed by atoms with Crippen molar-refractivity contribution in [1.29, 1.82) is 0 Å². The Balaban J connectivity index is 1.53. The third kappa shape index (κ3) is 4.64. The van der Waals surface area contributed by atoms with Gasteiger partial charge in [-0.1, -0.05) is 36.7 Å². The van der Waals surface area contributed by atoms with Crippen LogP contribution >= 0.6 is 11.6 Å². The first kappa shape index (κ1) is 18.5. The lowest BCUT2D eigenvalue weighted by Crippen LogP contribution is -2.41. The fourth-order valence-corrected chi connectivity index (χ4v) is 3.27. The Morgan fingerprint density at radius 2 is 2.15 bits per heavy atom. The molecule has 26 heavy (non-hydrogen) atoms. The number of hydrogen-bond donors (Lipinski definition) is 0. The van der Waals surface area contributed by atoms with Crippen LogP contribution in [0.5, 0.6) is 0 Å². The van der Waals surface area contributed by atoms with Gasteiger partial charge >= 0.3 is 5.97 Å². The van der Waals surface area contributed by atoms with Gasteiger partial charge in [0, 0.05) is 24.3 Å². The van der Waals surface area contributed by atoms with Crippen LogP contribution in [-0.2, 0) is 16.1 Å². The molecule has 2 aromatic rings. The number of halogens is 1. The van der Waals surface area contributed by atoms with Crippen molar-refractivity contribution in [2.24, 2.45) is 5.92 Å². The van der Waals surface area contributed by atoms with E-state index in [4.69, 9.17) is 16.3 Å². The highest BCUT2D eigenvalue weighted by Crippen LogP contribution is 2.17. The van der Waals surface area contributed by atoms with Gasteiger partial charge < -0.3 is 9.64 Å². The highest BCUT2D eigenvalue weighted by atomic mass is 35.5. The SMILES string of the molecule is CC1CCCN(C(=O)COC(=O)c2cnn(Cc3ccccc3Cl)c2)C1. The number of rotatable bonds is 5. The molecular weight excluding hydrogens is 354 g/mol. The molecule has 0 saturated carbocycles. The van der Waals surface area contributed by atoms with Crippen LogP contribution in [0.4, 0.5) is 0 Å². The molecular formula is C19H22ClN3O3. The number of nitrogens with zero attached hydrogens (tertiary/aromatic N) is 3. The minimum atomic E-state index is -0.547. The molecule has 1 amide bonds. The Kier molecular flexibility index (Phi) is 5.93. The van der Waals surface area contributed by atoms with Crippen molar-refractivity contribution in [3.8, 4) is 0 Å². The summed E-state index contributed by atoms with van der Waals surface area (Å²) in [4.78, 5) is 26.1. The van der Waals surface area contributed by atoms with Crippen molar-refractivity contribution in [2.75, 3.05) is 19.7 Å². The highest BCUT2D eigenvalue weighted by molar-refractivity contribution is 6.31. The molecule has 1 aromatic carbocycles. The molecule has 2 heterocycles. The fraction of sp³-hybridized carbons (Fsp3) is 0.421. The zero-order valence-electron chi connectivity index (χ0n) is 14.7.